The minimum atomic E-state index is -0.232. The fraction of sp³-hybridized carbons (Fsp3) is 0.556. The third-order valence-electron chi connectivity index (χ3n) is 2.52. The molecule has 0 aromatic carbocycles. The van der Waals surface area contributed by atoms with Crippen LogP contribution >= 0.6 is 0 Å². The summed E-state index contributed by atoms with van der Waals surface area (Å²) in [5, 5.41) is 9.34. The van der Waals surface area contributed by atoms with E-state index >= 15 is 0 Å². The molecule has 0 saturated carbocycles. The van der Waals surface area contributed by atoms with Crippen molar-refractivity contribution in [3.8, 4) is 0 Å². The van der Waals surface area contributed by atoms with Gasteiger partial charge in [-0.25, -0.2) is 0 Å². The molecule has 5 nitrogen and oxygen atoms in total. The van der Waals surface area contributed by atoms with E-state index < -0.39 is 0 Å². The molecule has 0 radical (unpaired) electrons. The topological polar surface area (TPSA) is 71.6 Å². The largest absolute Gasteiger partial charge is 0.469 e. The van der Waals surface area contributed by atoms with Crippen LogP contribution in [0.15, 0.2) is 0 Å². The Labute approximate surface area is 81.8 Å². The molecule has 0 aliphatic carbocycles. The molecular formula is C9H14N3O2+. The minimum Gasteiger partial charge on any atom is -0.469 e. The van der Waals surface area contributed by atoms with Crippen molar-refractivity contribution < 1.29 is 14.8 Å². The summed E-state index contributed by atoms with van der Waals surface area (Å²) in [6.45, 7) is 2.00. The fourth-order valence-corrected chi connectivity index (χ4v) is 1.74. The maximum atomic E-state index is 11.1. The highest BCUT2D eigenvalue weighted by molar-refractivity contribution is 5.72. The monoisotopic (exact) mass is 196 g/mol. The first-order valence-electron chi connectivity index (χ1n) is 4.74. The van der Waals surface area contributed by atoms with E-state index in [1.54, 1.807) is 0 Å². The number of quaternary nitrogens is 1. The lowest BCUT2D eigenvalue weighted by Gasteiger charge is -2.09. The van der Waals surface area contributed by atoms with Crippen molar-refractivity contribution in [2.24, 2.45) is 0 Å². The van der Waals surface area contributed by atoms with Gasteiger partial charge in [-0.3, -0.25) is 9.89 Å². The van der Waals surface area contributed by atoms with Crippen LogP contribution in [-0.2, 0) is 28.9 Å². The molecule has 0 spiro atoms. The number of carbonyl (C=O) groups excluding carboxylic acids is 1. The molecule has 5 heteroatoms. The number of methoxy groups -OCH3 is 1. The Morgan fingerprint density at radius 3 is 3.36 bits per heavy atom. The summed E-state index contributed by atoms with van der Waals surface area (Å²) >= 11 is 0. The van der Waals surface area contributed by atoms with Crippen LogP contribution in [0, 0.1) is 0 Å². The van der Waals surface area contributed by atoms with Crippen molar-refractivity contribution in [2.75, 3.05) is 13.7 Å². The molecule has 0 saturated heterocycles. The summed E-state index contributed by atoms with van der Waals surface area (Å²) < 4.78 is 4.61. The van der Waals surface area contributed by atoms with Gasteiger partial charge in [0.2, 0.25) is 0 Å². The summed E-state index contributed by atoms with van der Waals surface area (Å²) in [5.74, 6) is -0.232. The van der Waals surface area contributed by atoms with E-state index in [-0.39, 0.29) is 12.4 Å². The average Bonchev–Trinajstić information content (AvgIpc) is 2.62. The molecule has 2 heterocycles. The number of hydrogen-bond acceptors (Lipinski definition) is 3. The first-order valence-corrected chi connectivity index (χ1v) is 4.74. The van der Waals surface area contributed by atoms with Crippen LogP contribution in [0.4, 0.5) is 0 Å². The van der Waals surface area contributed by atoms with Crippen LogP contribution in [0.25, 0.3) is 0 Å². The van der Waals surface area contributed by atoms with Gasteiger partial charge in [-0.1, -0.05) is 0 Å². The molecule has 0 amide bonds. The first-order chi connectivity index (χ1) is 6.81. The van der Waals surface area contributed by atoms with Gasteiger partial charge in [0.25, 0.3) is 0 Å². The molecule has 0 fully saturated rings. The molecule has 0 atom stereocenters. The number of nitrogens with one attached hydrogen (secondary N) is 1. The maximum Gasteiger partial charge on any atom is 0.311 e. The lowest BCUT2D eigenvalue weighted by Crippen LogP contribution is -2.84. The number of fused-ring (bicyclic) bond motifs is 1. The van der Waals surface area contributed by atoms with Gasteiger partial charge >= 0.3 is 5.97 Å². The molecule has 1 aromatic heterocycles. The highest BCUT2D eigenvalue weighted by Gasteiger charge is 2.20. The van der Waals surface area contributed by atoms with E-state index in [0.29, 0.717) is 0 Å². The molecule has 1 aliphatic rings. The number of rotatable bonds is 2. The molecular weight excluding hydrogens is 182 g/mol. The number of esters is 1. The van der Waals surface area contributed by atoms with Crippen LogP contribution in [0.5, 0.6) is 0 Å². The maximum absolute atomic E-state index is 11.1. The van der Waals surface area contributed by atoms with E-state index in [0.717, 1.165) is 25.2 Å². The predicted octanol–water partition coefficient (Wildman–Crippen LogP) is -1.26. The zero-order valence-corrected chi connectivity index (χ0v) is 8.17. The van der Waals surface area contributed by atoms with Gasteiger partial charge in [-0.2, -0.15) is 5.10 Å². The van der Waals surface area contributed by atoms with E-state index in [2.05, 4.69) is 20.3 Å². The SMILES string of the molecule is COC(=O)Cc1n[nH]c2c1C[NH2+]CC2. The Hall–Kier alpha value is -1.36. The van der Waals surface area contributed by atoms with Gasteiger partial charge < -0.3 is 10.1 Å². The second kappa shape index (κ2) is 3.79. The number of hydrogen-bond donors (Lipinski definition) is 2. The van der Waals surface area contributed by atoms with E-state index in [4.69, 9.17) is 0 Å². The number of carbonyl (C=O) groups is 1. The average molecular weight is 196 g/mol. The molecule has 1 aliphatic heterocycles. The number of aromatic nitrogens is 2. The summed E-state index contributed by atoms with van der Waals surface area (Å²) in [7, 11) is 1.40. The third-order valence-corrected chi connectivity index (χ3v) is 2.52. The molecule has 2 rings (SSSR count). The number of H-pyrrole nitrogens is 1. The zero-order valence-electron chi connectivity index (χ0n) is 8.17. The van der Waals surface area contributed by atoms with Crippen molar-refractivity contribution in [3.05, 3.63) is 17.0 Å². The summed E-state index contributed by atoms with van der Waals surface area (Å²) in [4.78, 5) is 11.1. The van der Waals surface area contributed by atoms with Gasteiger partial charge in [-0.05, 0) is 0 Å². The molecule has 1 aromatic rings. The summed E-state index contributed by atoms with van der Waals surface area (Å²) in [6.07, 6.45) is 1.28. The van der Waals surface area contributed by atoms with Gasteiger partial charge in [0.1, 0.15) is 6.54 Å². The Bertz CT molecular complexity index is 346. The standard InChI is InChI=1S/C9H13N3O2/c1-14-9(13)4-8-6-5-10-3-2-7(6)11-12-8/h10H,2-5H2,1H3,(H,11,12)/p+1. The van der Waals surface area contributed by atoms with E-state index in [1.165, 1.54) is 18.4 Å². The second-order valence-corrected chi connectivity index (χ2v) is 3.41. The van der Waals surface area contributed by atoms with Crippen molar-refractivity contribution in [1.29, 1.82) is 0 Å². The lowest BCUT2D eigenvalue weighted by atomic mass is 10.1. The van der Waals surface area contributed by atoms with Crippen molar-refractivity contribution in [2.45, 2.75) is 19.4 Å². The van der Waals surface area contributed by atoms with Gasteiger partial charge in [0.15, 0.2) is 0 Å². The Morgan fingerprint density at radius 2 is 2.57 bits per heavy atom. The van der Waals surface area contributed by atoms with Crippen LogP contribution in [-0.4, -0.2) is 29.8 Å². The van der Waals surface area contributed by atoms with Crippen molar-refractivity contribution in [1.82, 2.24) is 10.2 Å². The summed E-state index contributed by atoms with van der Waals surface area (Å²) in [6, 6.07) is 0. The fourth-order valence-electron chi connectivity index (χ4n) is 1.74. The van der Waals surface area contributed by atoms with E-state index in [1.807, 2.05) is 0 Å². The third kappa shape index (κ3) is 1.63. The smallest absolute Gasteiger partial charge is 0.311 e. The molecule has 14 heavy (non-hydrogen) atoms. The normalized spacial score (nSPS) is 14.9. The number of ether oxygens (including phenoxy) is 1. The van der Waals surface area contributed by atoms with E-state index in [9.17, 15) is 4.79 Å². The predicted molar refractivity (Wildman–Crippen MR) is 48.5 cm³/mol. The zero-order chi connectivity index (χ0) is 9.97. The quantitative estimate of drug-likeness (QED) is 0.580. The highest BCUT2D eigenvalue weighted by atomic mass is 16.5. The van der Waals surface area contributed by atoms with Crippen molar-refractivity contribution >= 4 is 5.97 Å². The Kier molecular flexibility index (Phi) is 2.49. The Balaban J connectivity index is 2.18. The van der Waals surface area contributed by atoms with Crippen molar-refractivity contribution in [3.63, 3.8) is 0 Å². The Morgan fingerprint density at radius 1 is 1.71 bits per heavy atom. The minimum absolute atomic E-state index is 0.232. The van der Waals surface area contributed by atoms with Crippen LogP contribution in [0.2, 0.25) is 0 Å². The first kappa shape index (κ1) is 9.21. The highest BCUT2D eigenvalue weighted by Crippen LogP contribution is 2.13. The number of aromatic amines is 1. The van der Waals surface area contributed by atoms with Gasteiger partial charge in [-0.15, -0.1) is 0 Å². The molecule has 0 bridgehead atoms. The molecule has 0 unspecified atom stereocenters. The second-order valence-electron chi connectivity index (χ2n) is 3.41. The lowest BCUT2D eigenvalue weighted by molar-refractivity contribution is -0.673. The molecule has 76 valence electrons. The summed E-state index contributed by atoms with van der Waals surface area (Å²) in [5.41, 5.74) is 3.19. The molecule has 3 N–H and O–H groups in total. The number of nitrogens with zero attached hydrogens (tertiary/aromatic N) is 1. The number of nitrogens with two attached hydrogens (primary N) is 1. The van der Waals surface area contributed by atoms with Crippen LogP contribution < -0.4 is 5.32 Å². The van der Waals surface area contributed by atoms with Gasteiger partial charge in [0, 0.05) is 12.1 Å². The van der Waals surface area contributed by atoms with Crippen LogP contribution in [0.3, 0.4) is 0 Å². The van der Waals surface area contributed by atoms with Gasteiger partial charge in [0.05, 0.1) is 31.3 Å². The van der Waals surface area contributed by atoms with Crippen LogP contribution in [0.1, 0.15) is 17.0 Å².